The molecule has 3 aromatic carbocycles. The first kappa shape index (κ1) is 24.2. The number of hydrogen-bond acceptors (Lipinski definition) is 6. The normalized spacial score (nSPS) is 11.1. The topological polar surface area (TPSA) is 94.8 Å². The molecule has 0 saturated heterocycles. The average molecular weight is 535 g/mol. The second-order valence-corrected chi connectivity index (χ2v) is 8.71. The van der Waals surface area contributed by atoms with Crippen LogP contribution >= 0.6 is 15.9 Å². The molecule has 1 N–H and O–H groups in total. The largest absolute Gasteiger partial charge is 0.493 e. The number of halogens is 1. The van der Waals surface area contributed by atoms with Crippen molar-refractivity contribution < 1.29 is 14.3 Å². The van der Waals surface area contributed by atoms with Gasteiger partial charge in [-0.1, -0.05) is 33.6 Å². The second-order valence-electron chi connectivity index (χ2n) is 7.80. The maximum Gasteiger partial charge on any atom is 0.282 e. The molecule has 0 aliphatic rings. The van der Waals surface area contributed by atoms with Crippen LogP contribution < -0.4 is 20.3 Å². The smallest absolute Gasteiger partial charge is 0.282 e. The Kier molecular flexibility index (Phi) is 7.26. The minimum Gasteiger partial charge on any atom is -0.493 e. The quantitative estimate of drug-likeness (QED) is 0.347. The molecule has 8 nitrogen and oxygen atoms in total. The molecule has 0 aliphatic carbocycles. The summed E-state index contributed by atoms with van der Waals surface area (Å²) in [5.74, 6) is 1.02. The fraction of sp³-hybridized carbons (Fsp3) is 0.154. The molecule has 4 rings (SSSR count). The number of fused-ring (bicyclic) bond motifs is 1. The molecule has 35 heavy (non-hydrogen) atoms. The van der Waals surface area contributed by atoms with Crippen LogP contribution in [-0.4, -0.2) is 35.5 Å². The van der Waals surface area contributed by atoms with Gasteiger partial charge in [0.15, 0.2) is 18.1 Å². The molecule has 0 atom stereocenters. The van der Waals surface area contributed by atoms with Gasteiger partial charge in [-0.3, -0.25) is 9.59 Å². The molecule has 0 aliphatic heterocycles. The number of aromatic nitrogens is 2. The van der Waals surface area contributed by atoms with Gasteiger partial charge >= 0.3 is 0 Å². The number of aryl methyl sites for hydroxylation is 2. The van der Waals surface area contributed by atoms with Crippen molar-refractivity contribution >= 4 is 44.6 Å². The van der Waals surface area contributed by atoms with Crippen LogP contribution in [0.3, 0.4) is 0 Å². The van der Waals surface area contributed by atoms with Gasteiger partial charge in [-0.15, -0.1) is 0 Å². The third-order valence-electron chi connectivity index (χ3n) is 5.17. The third-order valence-corrected chi connectivity index (χ3v) is 5.67. The van der Waals surface area contributed by atoms with E-state index in [1.807, 2.05) is 37.3 Å². The highest BCUT2D eigenvalue weighted by Gasteiger charge is 2.10. The number of anilines is 1. The molecule has 0 bridgehead atoms. The van der Waals surface area contributed by atoms with E-state index in [1.54, 1.807) is 37.3 Å². The Morgan fingerprint density at radius 1 is 1.09 bits per heavy atom. The van der Waals surface area contributed by atoms with Crippen molar-refractivity contribution in [1.82, 2.24) is 9.66 Å². The van der Waals surface area contributed by atoms with E-state index >= 15 is 0 Å². The maximum atomic E-state index is 12.9. The number of methoxy groups -OCH3 is 1. The Balaban J connectivity index is 1.49. The first-order chi connectivity index (χ1) is 16.8. The minimum atomic E-state index is -0.285. The summed E-state index contributed by atoms with van der Waals surface area (Å²) in [6.45, 7) is 3.52. The Hall–Kier alpha value is -3.98. The summed E-state index contributed by atoms with van der Waals surface area (Å²) in [7, 11) is 1.51. The predicted octanol–water partition coefficient (Wildman–Crippen LogP) is 4.68. The zero-order chi connectivity index (χ0) is 24.9. The van der Waals surface area contributed by atoms with E-state index < -0.39 is 0 Å². The van der Waals surface area contributed by atoms with Crippen LogP contribution in [0.2, 0.25) is 0 Å². The Morgan fingerprint density at radius 2 is 1.86 bits per heavy atom. The van der Waals surface area contributed by atoms with Gasteiger partial charge in [0, 0.05) is 10.2 Å². The third kappa shape index (κ3) is 5.75. The van der Waals surface area contributed by atoms with Crippen LogP contribution in [0.15, 0.2) is 75.0 Å². The molecule has 1 heterocycles. The second kappa shape index (κ2) is 10.5. The maximum absolute atomic E-state index is 12.9. The van der Waals surface area contributed by atoms with E-state index in [-0.39, 0.29) is 18.1 Å². The summed E-state index contributed by atoms with van der Waals surface area (Å²) in [5.41, 5.74) is 2.83. The molecular formula is C26H23BrN4O4. The van der Waals surface area contributed by atoms with Gasteiger partial charge in [-0.2, -0.15) is 9.78 Å². The standard InChI is InChI=1S/C26H23BrN4O4/c1-16-4-8-20(9-5-16)30-25(32)15-35-23-11-6-18(12-24(23)34-3)14-28-31-17(2)29-22-10-7-19(27)13-21(22)26(31)33/h4-14H,15H2,1-3H3,(H,30,32). The van der Waals surface area contributed by atoms with Crippen molar-refractivity contribution in [2.24, 2.45) is 5.10 Å². The number of nitrogens with one attached hydrogen (secondary N) is 1. The number of benzene rings is 3. The van der Waals surface area contributed by atoms with Crippen molar-refractivity contribution in [3.8, 4) is 11.5 Å². The Labute approximate surface area is 210 Å². The monoisotopic (exact) mass is 534 g/mol. The number of ether oxygens (including phenoxy) is 2. The number of hydrogen-bond donors (Lipinski definition) is 1. The molecule has 1 amide bonds. The summed E-state index contributed by atoms with van der Waals surface area (Å²) in [6, 6.07) is 18.0. The van der Waals surface area contributed by atoms with E-state index in [0.29, 0.717) is 39.5 Å². The van der Waals surface area contributed by atoms with Gasteiger partial charge < -0.3 is 14.8 Å². The summed E-state index contributed by atoms with van der Waals surface area (Å²) in [6.07, 6.45) is 1.54. The highest BCUT2D eigenvalue weighted by Crippen LogP contribution is 2.27. The van der Waals surface area contributed by atoms with Gasteiger partial charge in [0.2, 0.25) is 0 Å². The lowest BCUT2D eigenvalue weighted by Gasteiger charge is -2.12. The van der Waals surface area contributed by atoms with Crippen molar-refractivity contribution in [3.05, 3.63) is 92.4 Å². The molecule has 4 aromatic rings. The molecule has 0 fully saturated rings. The van der Waals surface area contributed by atoms with Gasteiger partial charge in [-0.05, 0) is 67.9 Å². The molecule has 0 saturated carbocycles. The van der Waals surface area contributed by atoms with Gasteiger partial charge in [-0.25, -0.2) is 4.98 Å². The van der Waals surface area contributed by atoms with Crippen LogP contribution in [0, 0.1) is 13.8 Å². The van der Waals surface area contributed by atoms with Crippen LogP contribution in [-0.2, 0) is 4.79 Å². The fourth-order valence-electron chi connectivity index (χ4n) is 3.38. The van der Waals surface area contributed by atoms with E-state index in [1.165, 1.54) is 18.0 Å². The molecule has 1 aromatic heterocycles. The number of amides is 1. The number of nitrogens with zero attached hydrogens (tertiary/aromatic N) is 3. The van der Waals surface area contributed by atoms with Crippen molar-refractivity contribution in [2.75, 3.05) is 19.0 Å². The SMILES string of the molecule is COc1cc(C=Nn2c(C)nc3ccc(Br)cc3c2=O)ccc1OCC(=O)Nc1ccc(C)cc1. The Morgan fingerprint density at radius 3 is 2.60 bits per heavy atom. The number of carbonyl (C=O) groups excluding carboxylic acids is 1. The van der Waals surface area contributed by atoms with Crippen molar-refractivity contribution in [1.29, 1.82) is 0 Å². The zero-order valence-corrected chi connectivity index (χ0v) is 21.0. The first-order valence-electron chi connectivity index (χ1n) is 10.7. The highest BCUT2D eigenvalue weighted by atomic mass is 79.9. The summed E-state index contributed by atoms with van der Waals surface area (Å²) in [4.78, 5) is 29.6. The van der Waals surface area contributed by atoms with E-state index in [9.17, 15) is 9.59 Å². The van der Waals surface area contributed by atoms with Gasteiger partial charge in [0.1, 0.15) is 5.82 Å². The van der Waals surface area contributed by atoms with Gasteiger partial charge in [0.25, 0.3) is 11.5 Å². The lowest BCUT2D eigenvalue weighted by molar-refractivity contribution is -0.118. The lowest BCUT2D eigenvalue weighted by Crippen LogP contribution is -2.20. The highest BCUT2D eigenvalue weighted by molar-refractivity contribution is 9.10. The van der Waals surface area contributed by atoms with Crippen LogP contribution in [0.25, 0.3) is 10.9 Å². The molecule has 0 radical (unpaired) electrons. The van der Waals surface area contributed by atoms with E-state index in [2.05, 4.69) is 31.3 Å². The van der Waals surface area contributed by atoms with Crippen molar-refractivity contribution in [2.45, 2.75) is 13.8 Å². The summed E-state index contributed by atoms with van der Waals surface area (Å²) in [5, 5.41) is 7.58. The zero-order valence-electron chi connectivity index (χ0n) is 19.4. The number of rotatable bonds is 7. The van der Waals surface area contributed by atoms with E-state index in [4.69, 9.17) is 9.47 Å². The molecule has 9 heteroatoms. The Bertz CT molecular complexity index is 1480. The number of carbonyl (C=O) groups is 1. The summed E-state index contributed by atoms with van der Waals surface area (Å²) >= 11 is 3.38. The van der Waals surface area contributed by atoms with Crippen LogP contribution in [0.4, 0.5) is 5.69 Å². The minimum absolute atomic E-state index is 0.176. The average Bonchev–Trinajstić information content (AvgIpc) is 2.85. The van der Waals surface area contributed by atoms with E-state index in [0.717, 1.165) is 10.0 Å². The molecular weight excluding hydrogens is 512 g/mol. The van der Waals surface area contributed by atoms with Crippen LogP contribution in [0.5, 0.6) is 11.5 Å². The molecule has 0 unspecified atom stereocenters. The first-order valence-corrected chi connectivity index (χ1v) is 11.5. The summed E-state index contributed by atoms with van der Waals surface area (Å²) < 4.78 is 13.1. The van der Waals surface area contributed by atoms with Crippen LogP contribution in [0.1, 0.15) is 17.0 Å². The fourth-order valence-corrected chi connectivity index (χ4v) is 3.74. The van der Waals surface area contributed by atoms with Gasteiger partial charge in [0.05, 0.1) is 24.2 Å². The molecule has 178 valence electrons. The lowest BCUT2D eigenvalue weighted by atomic mass is 10.2. The van der Waals surface area contributed by atoms with Crippen molar-refractivity contribution in [3.63, 3.8) is 0 Å². The molecule has 0 spiro atoms. The predicted molar refractivity (Wildman–Crippen MR) is 140 cm³/mol.